The van der Waals surface area contributed by atoms with Crippen LogP contribution in [0.4, 0.5) is 0 Å². The molecule has 0 heterocycles. The molecule has 0 radical (unpaired) electrons. The predicted molar refractivity (Wildman–Crippen MR) is 149 cm³/mol. The molecule has 0 aromatic rings. The first-order valence-electron chi connectivity index (χ1n) is 12.6. The van der Waals surface area contributed by atoms with Gasteiger partial charge < -0.3 is 18.3 Å². The molecule has 0 aromatic heterocycles. The van der Waals surface area contributed by atoms with E-state index in [1.807, 2.05) is 0 Å². The molecule has 8 heteroatoms. The summed E-state index contributed by atoms with van der Waals surface area (Å²) in [4.78, 5) is 11.4. The number of hydrogen-bond acceptors (Lipinski definition) is 5. The lowest BCUT2D eigenvalue weighted by atomic mass is 10.4. The fraction of sp³-hybridized carbons (Fsp3) is 0.880. The lowest BCUT2D eigenvalue weighted by Gasteiger charge is -2.51. The van der Waals surface area contributed by atoms with E-state index in [9.17, 15) is 4.79 Å². The average molecular weight is 519 g/mol. The van der Waals surface area contributed by atoms with Gasteiger partial charge in [0.25, 0.3) is 0 Å². The van der Waals surface area contributed by atoms with Crippen LogP contribution in [-0.4, -0.2) is 60.9 Å². The second-order valence-corrected chi connectivity index (χ2v) is 26.2. The van der Waals surface area contributed by atoms with E-state index in [1.54, 1.807) is 6.92 Å². The third kappa shape index (κ3) is 11.3. The lowest BCUT2D eigenvalue weighted by molar-refractivity contribution is -0.140. The second kappa shape index (κ2) is 13.2. The highest BCUT2D eigenvalue weighted by Crippen LogP contribution is 2.38. The molecule has 196 valence electrons. The summed E-state index contributed by atoms with van der Waals surface area (Å²) in [6, 6.07) is 2.32. The first-order chi connectivity index (χ1) is 14.8. The maximum atomic E-state index is 11.4. The number of hydrogen-bond donors (Lipinski definition) is 0. The molecule has 0 N–H and O–H groups in total. The summed E-state index contributed by atoms with van der Waals surface area (Å²) in [7, 11) is -5.59. The Kier molecular flexibility index (Phi) is 13.1. The molecular weight excluding hydrogens is 465 g/mol. The monoisotopic (exact) mass is 518 g/mol. The van der Waals surface area contributed by atoms with Crippen LogP contribution in [0.3, 0.4) is 0 Å². The Morgan fingerprint density at radius 2 is 1.39 bits per heavy atom. The molecule has 0 fully saturated rings. The van der Waals surface area contributed by atoms with Gasteiger partial charge in [0.15, 0.2) is 8.32 Å². The van der Waals surface area contributed by atoms with Crippen molar-refractivity contribution >= 4 is 30.7 Å². The maximum Gasteiger partial charge on any atom is 0.333 e. The summed E-state index contributed by atoms with van der Waals surface area (Å²) in [5.74, 6) is -0.364. The SMILES string of the molecule is C=C(C)C(=O)OCCOCCC[Si](C)(C)OC(C)(C)[Si](C)(C)OC(C)(C)[Si](C)(C)CCCC. The molecule has 0 bridgehead atoms. The van der Waals surface area contributed by atoms with E-state index in [4.69, 9.17) is 18.3 Å². The highest BCUT2D eigenvalue weighted by atomic mass is 28.4. The van der Waals surface area contributed by atoms with Gasteiger partial charge in [0, 0.05) is 17.4 Å². The largest absolute Gasteiger partial charge is 0.460 e. The number of esters is 1. The van der Waals surface area contributed by atoms with E-state index in [0.717, 1.165) is 12.5 Å². The topological polar surface area (TPSA) is 54.0 Å². The van der Waals surface area contributed by atoms with Crippen molar-refractivity contribution in [1.29, 1.82) is 0 Å². The van der Waals surface area contributed by atoms with Crippen molar-refractivity contribution in [1.82, 2.24) is 0 Å². The Labute approximate surface area is 208 Å². The summed E-state index contributed by atoms with van der Waals surface area (Å²) in [5.41, 5.74) is 0.410. The van der Waals surface area contributed by atoms with E-state index < -0.39 is 24.7 Å². The molecule has 0 aliphatic carbocycles. The summed E-state index contributed by atoms with van der Waals surface area (Å²) in [6.45, 7) is 32.1. The molecule has 0 saturated heterocycles. The number of unbranched alkanes of at least 4 members (excludes halogenated alkanes) is 1. The number of carbonyl (C=O) groups excluding carboxylic acids is 1. The van der Waals surface area contributed by atoms with Crippen LogP contribution < -0.4 is 0 Å². The van der Waals surface area contributed by atoms with Crippen LogP contribution in [0.15, 0.2) is 12.2 Å². The minimum absolute atomic E-state index is 0.0777. The van der Waals surface area contributed by atoms with Crippen molar-refractivity contribution < 1.29 is 23.1 Å². The Balaban J connectivity index is 4.77. The number of carbonyl (C=O) groups is 1. The van der Waals surface area contributed by atoms with E-state index >= 15 is 0 Å². The van der Waals surface area contributed by atoms with Crippen LogP contribution in [0.2, 0.25) is 51.4 Å². The first-order valence-corrected chi connectivity index (χ1v) is 21.8. The third-order valence-corrected chi connectivity index (χ3v) is 19.2. The average Bonchev–Trinajstić information content (AvgIpc) is 2.63. The van der Waals surface area contributed by atoms with Gasteiger partial charge in [-0.25, -0.2) is 4.79 Å². The van der Waals surface area contributed by atoms with Crippen molar-refractivity contribution in [2.24, 2.45) is 0 Å². The zero-order chi connectivity index (χ0) is 26.1. The molecule has 0 unspecified atom stereocenters. The van der Waals surface area contributed by atoms with Crippen molar-refractivity contribution in [2.75, 3.05) is 19.8 Å². The summed E-state index contributed by atoms with van der Waals surface area (Å²) < 4.78 is 24.6. The Morgan fingerprint density at radius 3 is 1.91 bits per heavy atom. The fourth-order valence-corrected chi connectivity index (χ4v) is 13.2. The van der Waals surface area contributed by atoms with Crippen molar-refractivity contribution in [2.45, 2.75) is 123 Å². The molecule has 0 spiro atoms. The van der Waals surface area contributed by atoms with Crippen LogP contribution in [-0.2, 0) is 23.1 Å². The minimum Gasteiger partial charge on any atom is -0.460 e. The molecule has 0 rings (SSSR count). The zero-order valence-electron chi connectivity index (χ0n) is 23.9. The smallest absolute Gasteiger partial charge is 0.333 e. The third-order valence-electron chi connectivity index (χ3n) is 7.15. The van der Waals surface area contributed by atoms with Gasteiger partial charge in [-0.2, -0.15) is 0 Å². The minimum atomic E-state index is -2.15. The van der Waals surface area contributed by atoms with E-state index in [1.165, 1.54) is 18.9 Å². The van der Waals surface area contributed by atoms with Crippen LogP contribution in [0.25, 0.3) is 0 Å². The van der Waals surface area contributed by atoms with Gasteiger partial charge in [-0.1, -0.05) is 45.5 Å². The molecule has 0 aromatic carbocycles. The molecule has 33 heavy (non-hydrogen) atoms. The van der Waals surface area contributed by atoms with Gasteiger partial charge in [0.1, 0.15) is 6.61 Å². The van der Waals surface area contributed by atoms with Gasteiger partial charge in [-0.05, 0) is 73.3 Å². The molecule has 0 aliphatic heterocycles. The van der Waals surface area contributed by atoms with E-state index in [0.29, 0.717) is 18.8 Å². The molecule has 0 amide bonds. The molecule has 0 atom stereocenters. The van der Waals surface area contributed by atoms with Crippen LogP contribution in [0.5, 0.6) is 0 Å². The Hall–Kier alpha value is -0.259. The highest BCUT2D eigenvalue weighted by molar-refractivity contribution is 6.82. The predicted octanol–water partition coefficient (Wildman–Crippen LogP) is 7.10. The molecule has 5 nitrogen and oxygen atoms in total. The maximum absolute atomic E-state index is 11.4. The van der Waals surface area contributed by atoms with E-state index in [2.05, 4.69) is 80.5 Å². The Bertz CT molecular complexity index is 628. The highest BCUT2D eigenvalue weighted by Gasteiger charge is 2.51. The van der Waals surface area contributed by atoms with Gasteiger partial charge >= 0.3 is 5.97 Å². The van der Waals surface area contributed by atoms with Gasteiger partial charge in [-0.15, -0.1) is 0 Å². The van der Waals surface area contributed by atoms with Gasteiger partial charge in [0.05, 0.1) is 19.9 Å². The van der Waals surface area contributed by atoms with Crippen molar-refractivity contribution in [3.8, 4) is 0 Å². The summed E-state index contributed by atoms with van der Waals surface area (Å²) in [6.07, 6.45) is 3.46. The van der Waals surface area contributed by atoms with Crippen molar-refractivity contribution in [3.63, 3.8) is 0 Å². The summed E-state index contributed by atoms with van der Waals surface area (Å²) in [5, 5.41) is -0.349. The van der Waals surface area contributed by atoms with Crippen LogP contribution in [0, 0.1) is 0 Å². The second-order valence-electron chi connectivity index (χ2n) is 12.1. The van der Waals surface area contributed by atoms with Crippen molar-refractivity contribution in [3.05, 3.63) is 12.2 Å². The normalized spacial score (nSPS) is 13.8. The van der Waals surface area contributed by atoms with Crippen LogP contribution >= 0.6 is 0 Å². The molecular formula is C25H54O5Si3. The molecule has 0 saturated carbocycles. The molecule has 0 aliphatic rings. The Morgan fingerprint density at radius 1 is 0.818 bits per heavy atom. The number of ether oxygens (including phenoxy) is 2. The van der Waals surface area contributed by atoms with Crippen LogP contribution in [0.1, 0.15) is 60.8 Å². The van der Waals surface area contributed by atoms with E-state index in [-0.39, 0.29) is 23.0 Å². The van der Waals surface area contributed by atoms with Gasteiger partial charge in [0.2, 0.25) is 8.32 Å². The van der Waals surface area contributed by atoms with Gasteiger partial charge in [-0.3, -0.25) is 0 Å². The fourth-order valence-electron chi connectivity index (χ4n) is 3.70. The first kappa shape index (κ1) is 32.7. The summed E-state index contributed by atoms with van der Waals surface area (Å²) >= 11 is 0. The lowest BCUT2D eigenvalue weighted by Crippen LogP contribution is -2.65. The zero-order valence-corrected chi connectivity index (χ0v) is 26.9. The quantitative estimate of drug-likeness (QED) is 0.0889. The standard InChI is InChI=1S/C25H54O5Si3/c1-14-15-20-31(8,9)24(4,5)30-33(12,13)25(6,7)29-32(10,11)21-16-17-27-18-19-28-23(26)22(2)3/h2,14-21H2,1,3-13H3. The number of rotatable bonds is 17.